The van der Waals surface area contributed by atoms with Crippen molar-refractivity contribution >= 4 is 45.2 Å². The van der Waals surface area contributed by atoms with Gasteiger partial charge in [0.15, 0.2) is 0 Å². The highest BCUT2D eigenvalue weighted by Crippen LogP contribution is 2.23. The van der Waals surface area contributed by atoms with E-state index in [1.54, 1.807) is 28.9 Å². The molecule has 7 nitrogen and oxygen atoms in total. The van der Waals surface area contributed by atoms with Crippen LogP contribution in [0.25, 0.3) is 6.08 Å². The second-order valence-corrected chi connectivity index (χ2v) is 10.0. The molecule has 0 spiro atoms. The summed E-state index contributed by atoms with van der Waals surface area (Å²) in [5.74, 6) is -0.383. The Balaban J connectivity index is 2.17. The largest absolute Gasteiger partial charge is 0.477 e. The number of hydrogen-bond acceptors (Lipinski definition) is 5. The van der Waals surface area contributed by atoms with Crippen LogP contribution in [0.2, 0.25) is 10.0 Å². The second kappa shape index (κ2) is 12.9. The number of carbonyl (C=O) groups is 1. The molecule has 0 unspecified atom stereocenters. The van der Waals surface area contributed by atoms with E-state index in [9.17, 15) is 13.2 Å². The van der Waals surface area contributed by atoms with E-state index in [-0.39, 0.29) is 5.75 Å². The Kier molecular flexibility index (Phi) is 10.5. The van der Waals surface area contributed by atoms with Gasteiger partial charge in [-0.2, -0.15) is 0 Å². The summed E-state index contributed by atoms with van der Waals surface area (Å²) in [6, 6.07) is 6.87. The number of rotatable bonds is 13. The molecule has 1 heterocycles. The van der Waals surface area contributed by atoms with Gasteiger partial charge >= 0.3 is 0 Å². The lowest BCUT2D eigenvalue weighted by Gasteiger charge is -2.07. The van der Waals surface area contributed by atoms with Crippen molar-refractivity contribution < 1.29 is 17.9 Å². The molecule has 0 aliphatic heterocycles. The van der Waals surface area contributed by atoms with E-state index >= 15 is 0 Å². The van der Waals surface area contributed by atoms with Gasteiger partial charge in [0.1, 0.15) is 0 Å². The SMILES string of the molecule is CCCCCS(=O)(=O)NC(=O)C=Cc1cc(OCCCC)nn1Cc1ccc(Cl)cc1Cl. The van der Waals surface area contributed by atoms with Gasteiger partial charge in [-0.1, -0.05) is 62.4 Å². The topological polar surface area (TPSA) is 90.3 Å². The molecule has 2 aromatic rings. The van der Waals surface area contributed by atoms with Crippen molar-refractivity contribution in [2.24, 2.45) is 0 Å². The van der Waals surface area contributed by atoms with Crippen molar-refractivity contribution in [1.29, 1.82) is 0 Å². The van der Waals surface area contributed by atoms with Crippen molar-refractivity contribution in [1.82, 2.24) is 14.5 Å². The number of halogens is 2. The zero-order valence-corrected chi connectivity index (χ0v) is 20.6. The summed E-state index contributed by atoms with van der Waals surface area (Å²) in [5, 5.41) is 5.47. The van der Waals surface area contributed by atoms with E-state index in [4.69, 9.17) is 27.9 Å². The number of hydrogen-bond donors (Lipinski definition) is 1. The van der Waals surface area contributed by atoms with Crippen LogP contribution >= 0.6 is 23.2 Å². The third kappa shape index (κ3) is 8.84. The third-order valence-corrected chi connectivity index (χ3v) is 6.48. The average molecular weight is 502 g/mol. The zero-order valence-electron chi connectivity index (χ0n) is 18.3. The van der Waals surface area contributed by atoms with Gasteiger partial charge in [-0.25, -0.2) is 13.1 Å². The minimum Gasteiger partial charge on any atom is -0.477 e. The number of nitrogens with one attached hydrogen (secondary N) is 1. The van der Waals surface area contributed by atoms with Crippen LogP contribution in [-0.4, -0.2) is 36.5 Å². The lowest BCUT2D eigenvalue weighted by atomic mass is 10.2. The molecule has 1 amide bonds. The standard InChI is InChI=1S/C22H29Cl2N3O4S/c1-3-5-7-13-32(29,30)26-21(28)11-10-19-15-22(31-12-6-4-2)25-27(19)16-17-8-9-18(23)14-20(17)24/h8-11,14-15H,3-7,12-13,16H2,1-2H3,(H,26,28). The molecule has 0 fully saturated rings. The van der Waals surface area contributed by atoms with Crippen molar-refractivity contribution in [2.75, 3.05) is 12.4 Å². The second-order valence-electron chi connectivity index (χ2n) is 7.33. The van der Waals surface area contributed by atoms with E-state index in [2.05, 4.69) is 16.7 Å². The van der Waals surface area contributed by atoms with Crippen molar-refractivity contribution in [3.63, 3.8) is 0 Å². The van der Waals surface area contributed by atoms with Crippen LogP contribution in [-0.2, 0) is 21.4 Å². The Labute approximate surface area is 199 Å². The number of carbonyl (C=O) groups excluding carboxylic acids is 1. The predicted molar refractivity (Wildman–Crippen MR) is 129 cm³/mol. The molecular formula is C22H29Cl2N3O4S. The van der Waals surface area contributed by atoms with Gasteiger partial charge in [-0.3, -0.25) is 9.48 Å². The van der Waals surface area contributed by atoms with E-state index < -0.39 is 15.9 Å². The maximum atomic E-state index is 12.2. The summed E-state index contributed by atoms with van der Waals surface area (Å²) in [5.41, 5.74) is 1.36. The van der Waals surface area contributed by atoms with Crippen molar-refractivity contribution in [2.45, 2.75) is 52.5 Å². The summed E-state index contributed by atoms with van der Waals surface area (Å²) in [6.45, 7) is 4.89. The Morgan fingerprint density at radius 2 is 1.91 bits per heavy atom. The van der Waals surface area contributed by atoms with E-state index in [1.165, 1.54) is 12.2 Å². The number of benzene rings is 1. The molecule has 0 bridgehead atoms. The fraction of sp³-hybridized carbons (Fsp3) is 0.455. The molecule has 0 saturated heterocycles. The fourth-order valence-electron chi connectivity index (χ4n) is 2.81. The summed E-state index contributed by atoms with van der Waals surface area (Å²) in [7, 11) is -3.66. The van der Waals surface area contributed by atoms with Gasteiger partial charge in [0, 0.05) is 22.2 Å². The van der Waals surface area contributed by atoms with Crippen LogP contribution in [0.3, 0.4) is 0 Å². The highest BCUT2D eigenvalue weighted by molar-refractivity contribution is 7.90. The average Bonchev–Trinajstić information content (AvgIpc) is 3.10. The van der Waals surface area contributed by atoms with E-state index in [1.807, 2.05) is 6.92 Å². The molecule has 32 heavy (non-hydrogen) atoms. The maximum Gasteiger partial charge on any atom is 0.257 e. The van der Waals surface area contributed by atoms with Gasteiger partial charge < -0.3 is 4.74 Å². The number of aromatic nitrogens is 2. The maximum absolute atomic E-state index is 12.2. The minimum absolute atomic E-state index is 0.0805. The number of nitrogens with zero attached hydrogens (tertiary/aromatic N) is 2. The number of unbranched alkanes of at least 4 members (excludes halogenated alkanes) is 3. The van der Waals surface area contributed by atoms with Crippen LogP contribution < -0.4 is 9.46 Å². The normalized spacial score (nSPS) is 11.8. The fourth-order valence-corrected chi connectivity index (χ4v) is 4.34. The highest BCUT2D eigenvalue weighted by atomic mass is 35.5. The molecule has 0 aliphatic carbocycles. The molecule has 10 heteroatoms. The van der Waals surface area contributed by atoms with Crippen LogP contribution in [0.4, 0.5) is 0 Å². The zero-order chi connectivity index (χ0) is 23.6. The lowest BCUT2D eigenvalue weighted by Crippen LogP contribution is -2.31. The van der Waals surface area contributed by atoms with E-state index in [0.717, 1.165) is 31.2 Å². The molecule has 0 radical (unpaired) electrons. The Hall–Kier alpha value is -2.03. The molecule has 0 saturated carbocycles. The first-order chi connectivity index (χ1) is 15.2. The molecule has 1 aromatic heterocycles. The molecular weight excluding hydrogens is 473 g/mol. The van der Waals surface area contributed by atoms with Crippen molar-refractivity contribution in [3.8, 4) is 5.88 Å². The number of ether oxygens (including phenoxy) is 1. The van der Waals surface area contributed by atoms with Gasteiger partial charge in [0.2, 0.25) is 15.9 Å². The van der Waals surface area contributed by atoms with Gasteiger partial charge in [0.05, 0.1) is 24.6 Å². The van der Waals surface area contributed by atoms with E-state index in [0.29, 0.717) is 41.2 Å². The molecule has 1 aromatic carbocycles. The predicted octanol–water partition coefficient (Wildman–Crippen LogP) is 5.07. The van der Waals surface area contributed by atoms with Crippen LogP contribution in [0.1, 0.15) is 57.2 Å². The smallest absolute Gasteiger partial charge is 0.257 e. The first-order valence-corrected chi connectivity index (χ1v) is 13.0. The van der Waals surface area contributed by atoms with Crippen molar-refractivity contribution in [3.05, 3.63) is 51.6 Å². The first kappa shape index (κ1) is 26.2. The lowest BCUT2D eigenvalue weighted by molar-refractivity contribution is -0.114. The minimum atomic E-state index is -3.66. The van der Waals surface area contributed by atoms with Crippen LogP contribution in [0.15, 0.2) is 30.3 Å². The van der Waals surface area contributed by atoms with Crippen LogP contribution in [0.5, 0.6) is 5.88 Å². The quantitative estimate of drug-likeness (QED) is 0.305. The van der Waals surface area contributed by atoms with Gasteiger partial charge in [-0.05, 0) is 36.6 Å². The molecule has 176 valence electrons. The summed E-state index contributed by atoms with van der Waals surface area (Å²) in [4.78, 5) is 12.2. The highest BCUT2D eigenvalue weighted by Gasteiger charge is 2.14. The van der Waals surface area contributed by atoms with Crippen LogP contribution in [0, 0.1) is 0 Å². The Bertz CT molecular complexity index is 1040. The Morgan fingerprint density at radius 3 is 2.59 bits per heavy atom. The monoisotopic (exact) mass is 501 g/mol. The molecule has 1 N–H and O–H groups in total. The molecule has 2 rings (SSSR count). The van der Waals surface area contributed by atoms with Gasteiger partial charge in [-0.15, -0.1) is 5.10 Å². The molecule has 0 atom stereocenters. The first-order valence-electron chi connectivity index (χ1n) is 10.6. The summed E-state index contributed by atoms with van der Waals surface area (Å²) in [6.07, 6.45) is 6.74. The van der Waals surface area contributed by atoms with Gasteiger partial charge in [0.25, 0.3) is 5.91 Å². The summed E-state index contributed by atoms with van der Waals surface area (Å²) >= 11 is 12.3. The Morgan fingerprint density at radius 1 is 1.16 bits per heavy atom. The molecule has 0 aliphatic rings. The third-order valence-electron chi connectivity index (χ3n) is 4.55. The summed E-state index contributed by atoms with van der Waals surface area (Å²) < 4.78 is 33.4. The number of amides is 1. The number of sulfonamides is 1.